The lowest BCUT2D eigenvalue weighted by Gasteiger charge is -2.17. The molecule has 0 radical (unpaired) electrons. The maximum Gasteiger partial charge on any atom is 0.258 e. The van der Waals surface area contributed by atoms with Crippen LogP contribution in [0, 0.1) is 0 Å². The maximum absolute atomic E-state index is 12.6. The monoisotopic (exact) mass is 305 g/mol. The van der Waals surface area contributed by atoms with E-state index in [1.807, 2.05) is 42.5 Å². The average molecular weight is 305 g/mol. The SMILES string of the molecule is O=C1c2c(ccc(O)c2O)CN1Cc1cccc2ccccc12. The summed E-state index contributed by atoms with van der Waals surface area (Å²) >= 11 is 0. The van der Waals surface area contributed by atoms with Gasteiger partial charge in [-0.2, -0.15) is 0 Å². The fraction of sp³-hybridized carbons (Fsp3) is 0.105. The molecule has 0 aliphatic carbocycles. The molecule has 1 amide bonds. The molecule has 0 spiro atoms. The lowest BCUT2D eigenvalue weighted by Crippen LogP contribution is -2.23. The summed E-state index contributed by atoms with van der Waals surface area (Å²) in [6.45, 7) is 0.903. The molecule has 4 heteroatoms. The lowest BCUT2D eigenvalue weighted by molar-refractivity contribution is 0.0765. The van der Waals surface area contributed by atoms with Gasteiger partial charge in [-0.05, 0) is 28.0 Å². The molecule has 0 saturated heterocycles. The largest absolute Gasteiger partial charge is 0.504 e. The molecule has 23 heavy (non-hydrogen) atoms. The van der Waals surface area contributed by atoms with Crippen molar-refractivity contribution in [2.45, 2.75) is 13.1 Å². The number of carbonyl (C=O) groups is 1. The van der Waals surface area contributed by atoms with E-state index >= 15 is 0 Å². The smallest absolute Gasteiger partial charge is 0.258 e. The van der Waals surface area contributed by atoms with Gasteiger partial charge in [-0.1, -0.05) is 48.5 Å². The number of carbonyl (C=O) groups excluding carboxylic acids is 1. The molecule has 3 aromatic carbocycles. The van der Waals surface area contributed by atoms with Crippen molar-refractivity contribution in [2.24, 2.45) is 0 Å². The molecule has 0 fully saturated rings. The summed E-state index contributed by atoms with van der Waals surface area (Å²) in [7, 11) is 0. The predicted molar refractivity (Wildman–Crippen MR) is 87.3 cm³/mol. The highest BCUT2D eigenvalue weighted by Crippen LogP contribution is 2.37. The van der Waals surface area contributed by atoms with Gasteiger partial charge in [0.1, 0.15) is 0 Å². The average Bonchev–Trinajstić information content (AvgIpc) is 2.88. The number of hydrogen-bond donors (Lipinski definition) is 2. The van der Waals surface area contributed by atoms with Gasteiger partial charge in [0.2, 0.25) is 0 Å². The summed E-state index contributed by atoms with van der Waals surface area (Å²) in [5, 5.41) is 21.8. The molecule has 114 valence electrons. The minimum absolute atomic E-state index is 0.213. The quantitative estimate of drug-likeness (QED) is 0.713. The molecule has 1 heterocycles. The van der Waals surface area contributed by atoms with E-state index in [4.69, 9.17) is 0 Å². The Kier molecular flexibility index (Phi) is 2.98. The Morgan fingerprint density at radius 3 is 2.61 bits per heavy atom. The second kappa shape index (κ2) is 5.02. The summed E-state index contributed by atoms with van der Waals surface area (Å²) in [6.07, 6.45) is 0. The number of hydrogen-bond acceptors (Lipinski definition) is 3. The lowest BCUT2D eigenvalue weighted by atomic mass is 10.0. The number of phenolic OH excluding ortho intramolecular Hbond substituents is 2. The molecule has 4 rings (SSSR count). The van der Waals surface area contributed by atoms with Gasteiger partial charge in [-0.15, -0.1) is 0 Å². The summed E-state index contributed by atoms with van der Waals surface area (Å²) in [4.78, 5) is 14.3. The van der Waals surface area contributed by atoms with Crippen molar-refractivity contribution in [1.29, 1.82) is 0 Å². The highest BCUT2D eigenvalue weighted by atomic mass is 16.3. The van der Waals surface area contributed by atoms with E-state index in [0.717, 1.165) is 21.9 Å². The summed E-state index contributed by atoms with van der Waals surface area (Å²) in [5.74, 6) is -0.835. The topological polar surface area (TPSA) is 60.8 Å². The van der Waals surface area contributed by atoms with Gasteiger partial charge in [0.25, 0.3) is 5.91 Å². The fourth-order valence-corrected chi connectivity index (χ4v) is 3.19. The van der Waals surface area contributed by atoms with Gasteiger partial charge >= 0.3 is 0 Å². The first-order valence-electron chi connectivity index (χ1n) is 7.45. The van der Waals surface area contributed by atoms with Crippen molar-refractivity contribution >= 4 is 16.7 Å². The number of aromatic hydroxyl groups is 2. The normalized spacial score (nSPS) is 13.6. The van der Waals surface area contributed by atoms with E-state index in [0.29, 0.717) is 13.1 Å². The van der Waals surface area contributed by atoms with Gasteiger partial charge in [-0.3, -0.25) is 4.79 Å². The minimum Gasteiger partial charge on any atom is -0.504 e. The number of amides is 1. The summed E-state index contributed by atoms with van der Waals surface area (Å²) < 4.78 is 0. The van der Waals surface area contributed by atoms with E-state index in [-0.39, 0.29) is 23.0 Å². The zero-order chi connectivity index (χ0) is 16.0. The third-order valence-corrected chi connectivity index (χ3v) is 4.35. The van der Waals surface area contributed by atoms with Crippen LogP contribution < -0.4 is 0 Å². The van der Waals surface area contributed by atoms with Crippen molar-refractivity contribution in [2.75, 3.05) is 0 Å². The number of nitrogens with zero attached hydrogens (tertiary/aromatic N) is 1. The Labute approximate surface area is 133 Å². The standard InChI is InChI=1S/C19H15NO3/c21-16-9-8-14-11-20(19(23)17(14)18(16)22)10-13-6-3-5-12-4-1-2-7-15(12)13/h1-9,21-22H,10-11H2. The van der Waals surface area contributed by atoms with Crippen LogP contribution >= 0.6 is 0 Å². The van der Waals surface area contributed by atoms with E-state index in [1.165, 1.54) is 6.07 Å². The van der Waals surface area contributed by atoms with Crippen LogP contribution in [-0.2, 0) is 13.1 Å². The highest BCUT2D eigenvalue weighted by molar-refractivity contribution is 6.01. The molecule has 3 aromatic rings. The van der Waals surface area contributed by atoms with Crippen LogP contribution in [0.5, 0.6) is 11.5 Å². The van der Waals surface area contributed by atoms with Crippen LogP contribution in [0.4, 0.5) is 0 Å². The minimum atomic E-state index is -0.326. The molecular weight excluding hydrogens is 290 g/mol. The van der Waals surface area contributed by atoms with Crippen LogP contribution in [0.2, 0.25) is 0 Å². The predicted octanol–water partition coefficient (Wildman–Crippen LogP) is 3.41. The number of benzene rings is 3. The molecule has 2 N–H and O–H groups in total. The van der Waals surface area contributed by atoms with Crippen molar-refractivity contribution < 1.29 is 15.0 Å². The Morgan fingerprint density at radius 1 is 0.957 bits per heavy atom. The molecule has 0 bridgehead atoms. The van der Waals surface area contributed by atoms with Gasteiger partial charge in [-0.25, -0.2) is 0 Å². The first-order valence-corrected chi connectivity index (χ1v) is 7.45. The molecule has 1 aliphatic rings. The zero-order valence-corrected chi connectivity index (χ0v) is 12.4. The third kappa shape index (κ3) is 2.11. The van der Waals surface area contributed by atoms with Crippen LogP contribution in [-0.4, -0.2) is 21.0 Å². The zero-order valence-electron chi connectivity index (χ0n) is 12.4. The Hall–Kier alpha value is -3.01. The van der Waals surface area contributed by atoms with E-state index in [1.54, 1.807) is 11.0 Å². The first kappa shape index (κ1) is 13.6. The molecule has 0 unspecified atom stereocenters. The summed E-state index contributed by atoms with van der Waals surface area (Å²) in [6, 6.07) is 17.2. The molecule has 0 atom stereocenters. The maximum atomic E-state index is 12.6. The van der Waals surface area contributed by atoms with Crippen molar-refractivity contribution in [3.63, 3.8) is 0 Å². The van der Waals surface area contributed by atoms with Gasteiger partial charge in [0.15, 0.2) is 11.5 Å². The van der Waals surface area contributed by atoms with Crippen LogP contribution in [0.25, 0.3) is 10.8 Å². The number of phenols is 2. The second-order valence-corrected chi connectivity index (χ2v) is 5.77. The third-order valence-electron chi connectivity index (χ3n) is 4.35. The molecule has 0 aromatic heterocycles. The van der Waals surface area contributed by atoms with E-state index in [2.05, 4.69) is 0 Å². The number of fused-ring (bicyclic) bond motifs is 2. The van der Waals surface area contributed by atoms with E-state index < -0.39 is 0 Å². The van der Waals surface area contributed by atoms with Crippen molar-refractivity contribution in [3.8, 4) is 11.5 Å². The molecule has 0 saturated carbocycles. The Bertz CT molecular complexity index is 928. The van der Waals surface area contributed by atoms with E-state index in [9.17, 15) is 15.0 Å². The van der Waals surface area contributed by atoms with Crippen molar-refractivity contribution in [3.05, 3.63) is 71.3 Å². The van der Waals surface area contributed by atoms with Crippen LogP contribution in [0.3, 0.4) is 0 Å². The van der Waals surface area contributed by atoms with Crippen molar-refractivity contribution in [1.82, 2.24) is 4.90 Å². The molecule has 1 aliphatic heterocycles. The fourth-order valence-electron chi connectivity index (χ4n) is 3.19. The summed E-state index contributed by atoms with van der Waals surface area (Å²) in [5.41, 5.74) is 2.02. The number of rotatable bonds is 2. The molecular formula is C19H15NO3. The van der Waals surface area contributed by atoms with Crippen LogP contribution in [0.15, 0.2) is 54.6 Å². The Balaban J connectivity index is 1.71. The first-order chi connectivity index (χ1) is 11.1. The van der Waals surface area contributed by atoms with Gasteiger partial charge in [0.05, 0.1) is 5.56 Å². The second-order valence-electron chi connectivity index (χ2n) is 5.77. The Morgan fingerprint density at radius 2 is 1.74 bits per heavy atom. The highest BCUT2D eigenvalue weighted by Gasteiger charge is 2.31. The van der Waals surface area contributed by atoms with Crippen LogP contribution in [0.1, 0.15) is 21.5 Å². The molecule has 4 nitrogen and oxygen atoms in total. The van der Waals surface area contributed by atoms with Gasteiger partial charge < -0.3 is 15.1 Å². The van der Waals surface area contributed by atoms with Gasteiger partial charge in [0, 0.05) is 13.1 Å².